The molecule has 0 aliphatic carbocycles. The second-order valence-electron chi connectivity index (χ2n) is 3.92. The first-order valence-electron chi connectivity index (χ1n) is 5.61. The molecule has 0 fully saturated rings. The van der Waals surface area contributed by atoms with E-state index in [1.165, 1.54) is 0 Å². The van der Waals surface area contributed by atoms with Crippen molar-refractivity contribution in [3.8, 4) is 0 Å². The highest BCUT2D eigenvalue weighted by atomic mass is 32.2. The quantitative estimate of drug-likeness (QED) is 0.767. The number of nitrogens with zero attached hydrogens (tertiary/aromatic N) is 1. The van der Waals surface area contributed by atoms with Gasteiger partial charge in [-0.2, -0.15) is 11.8 Å². The molecule has 0 radical (unpaired) electrons. The Hall–Kier alpha value is -1.53. The summed E-state index contributed by atoms with van der Waals surface area (Å²) in [5, 5.41) is 13.2. The number of amides is 1. The fourth-order valence-electron chi connectivity index (χ4n) is 1.59. The van der Waals surface area contributed by atoms with Gasteiger partial charge >= 0.3 is 0 Å². The van der Waals surface area contributed by atoms with Crippen molar-refractivity contribution in [2.24, 2.45) is 0 Å². The molecule has 1 atom stereocenters. The van der Waals surface area contributed by atoms with Gasteiger partial charge in [0.15, 0.2) is 0 Å². The second-order valence-corrected chi connectivity index (χ2v) is 4.91. The van der Waals surface area contributed by atoms with Gasteiger partial charge in [0.05, 0.1) is 11.7 Å². The number of aromatic amines is 1. The third-order valence-corrected chi connectivity index (χ3v) is 3.23. The molecule has 96 valence electrons. The Morgan fingerprint density at radius 1 is 1.67 bits per heavy atom. The summed E-state index contributed by atoms with van der Waals surface area (Å²) < 4.78 is 0. The first-order chi connectivity index (χ1) is 8.70. The van der Waals surface area contributed by atoms with Crippen LogP contribution in [0.25, 0.3) is 10.9 Å². The Morgan fingerprint density at radius 2 is 2.50 bits per heavy atom. The predicted octanol–water partition coefficient (Wildman–Crippen LogP) is 1.62. The minimum atomic E-state index is -0.985. The molecule has 0 aliphatic rings. The van der Waals surface area contributed by atoms with Crippen LogP contribution in [-0.4, -0.2) is 39.1 Å². The van der Waals surface area contributed by atoms with Gasteiger partial charge in [0.25, 0.3) is 5.91 Å². The Labute approximate surface area is 109 Å². The summed E-state index contributed by atoms with van der Waals surface area (Å²) in [5.74, 6) is 0.792. The van der Waals surface area contributed by atoms with Crippen molar-refractivity contribution in [3.05, 3.63) is 24.5 Å². The minimum absolute atomic E-state index is 0.411. The van der Waals surface area contributed by atoms with Gasteiger partial charge in [-0.1, -0.05) is 0 Å². The molecule has 1 unspecified atom stereocenters. The predicted molar refractivity (Wildman–Crippen MR) is 73.7 cm³/mol. The van der Waals surface area contributed by atoms with Gasteiger partial charge in [0.1, 0.15) is 11.9 Å². The summed E-state index contributed by atoms with van der Waals surface area (Å²) in [6.07, 6.45) is 4.86. The molecule has 2 rings (SSSR count). The molecule has 0 aromatic carbocycles. The lowest BCUT2D eigenvalue weighted by Gasteiger charge is -2.10. The molecule has 0 saturated heterocycles. The smallest absolute Gasteiger partial charge is 0.254 e. The number of aromatic nitrogens is 2. The van der Waals surface area contributed by atoms with Crippen molar-refractivity contribution in [1.82, 2.24) is 9.97 Å². The lowest BCUT2D eigenvalue weighted by molar-refractivity contribution is -0.124. The van der Waals surface area contributed by atoms with E-state index in [0.717, 1.165) is 16.7 Å². The average Bonchev–Trinajstić information content (AvgIpc) is 2.83. The maximum atomic E-state index is 11.7. The number of hydrogen-bond donors (Lipinski definition) is 3. The van der Waals surface area contributed by atoms with E-state index in [-0.39, 0.29) is 0 Å². The molecule has 0 aliphatic heterocycles. The normalized spacial score (nSPS) is 12.6. The molecule has 6 heteroatoms. The molecule has 3 N–H and O–H groups in total. The van der Waals surface area contributed by atoms with Crippen LogP contribution < -0.4 is 5.32 Å². The zero-order valence-electron chi connectivity index (χ0n) is 10.0. The van der Waals surface area contributed by atoms with Gasteiger partial charge in [0.2, 0.25) is 0 Å². The standard InChI is InChI=1S/C12H15N3O2S/c1-18-5-3-10(16)12(17)15-11-6-8-2-4-13-9(8)7-14-11/h2,4,6-7,10,13,16H,3,5H2,1H3,(H,14,15,17). The van der Waals surface area contributed by atoms with Crippen LogP contribution >= 0.6 is 11.8 Å². The van der Waals surface area contributed by atoms with Crippen LogP contribution in [0.4, 0.5) is 5.82 Å². The summed E-state index contributed by atoms with van der Waals surface area (Å²) >= 11 is 1.60. The number of nitrogens with one attached hydrogen (secondary N) is 2. The minimum Gasteiger partial charge on any atom is -0.383 e. The molecule has 1 amide bonds. The molecule has 0 saturated carbocycles. The lowest BCUT2D eigenvalue weighted by Crippen LogP contribution is -2.28. The van der Waals surface area contributed by atoms with Crippen LogP contribution in [0.3, 0.4) is 0 Å². The SMILES string of the molecule is CSCCC(O)C(=O)Nc1cc2cc[nH]c2cn1. The summed E-state index contributed by atoms with van der Waals surface area (Å²) in [5.41, 5.74) is 0.913. The Morgan fingerprint density at radius 3 is 3.28 bits per heavy atom. The fraction of sp³-hybridized carbons (Fsp3) is 0.333. The van der Waals surface area contributed by atoms with Gasteiger partial charge in [-0.05, 0) is 30.6 Å². The largest absolute Gasteiger partial charge is 0.383 e. The number of pyridine rings is 1. The number of anilines is 1. The van der Waals surface area contributed by atoms with Gasteiger partial charge in [0, 0.05) is 11.6 Å². The molecular formula is C12H15N3O2S. The highest BCUT2D eigenvalue weighted by Crippen LogP contribution is 2.15. The molecule has 2 heterocycles. The van der Waals surface area contributed by atoms with Crippen LogP contribution in [0.5, 0.6) is 0 Å². The highest BCUT2D eigenvalue weighted by molar-refractivity contribution is 7.98. The van der Waals surface area contributed by atoms with E-state index in [9.17, 15) is 9.90 Å². The zero-order valence-corrected chi connectivity index (χ0v) is 10.8. The summed E-state index contributed by atoms with van der Waals surface area (Å²) in [4.78, 5) is 18.8. The van der Waals surface area contributed by atoms with E-state index < -0.39 is 12.0 Å². The van der Waals surface area contributed by atoms with E-state index >= 15 is 0 Å². The number of aliphatic hydroxyl groups is 1. The number of aliphatic hydroxyl groups excluding tert-OH is 1. The molecule has 0 spiro atoms. The maximum absolute atomic E-state index is 11.7. The number of rotatable bonds is 5. The number of H-pyrrole nitrogens is 1. The second kappa shape index (κ2) is 5.88. The third kappa shape index (κ3) is 3.02. The highest BCUT2D eigenvalue weighted by Gasteiger charge is 2.15. The third-order valence-electron chi connectivity index (χ3n) is 2.59. The number of fused-ring (bicyclic) bond motifs is 1. The van der Waals surface area contributed by atoms with E-state index in [2.05, 4.69) is 15.3 Å². The molecule has 5 nitrogen and oxygen atoms in total. The zero-order chi connectivity index (χ0) is 13.0. The van der Waals surface area contributed by atoms with Crippen molar-refractivity contribution in [2.75, 3.05) is 17.3 Å². The van der Waals surface area contributed by atoms with Crippen molar-refractivity contribution in [1.29, 1.82) is 0 Å². The van der Waals surface area contributed by atoms with Crippen LogP contribution in [0.1, 0.15) is 6.42 Å². The van der Waals surface area contributed by atoms with Crippen molar-refractivity contribution < 1.29 is 9.90 Å². The summed E-state index contributed by atoms with van der Waals surface area (Å²) in [6.45, 7) is 0. The number of thioether (sulfide) groups is 1. The summed E-state index contributed by atoms with van der Waals surface area (Å²) in [6, 6.07) is 3.67. The van der Waals surface area contributed by atoms with E-state index in [0.29, 0.717) is 12.2 Å². The average molecular weight is 265 g/mol. The molecule has 2 aromatic heterocycles. The van der Waals surface area contributed by atoms with Crippen molar-refractivity contribution >= 4 is 34.4 Å². The molecule has 2 aromatic rings. The Kier molecular flexibility index (Phi) is 4.22. The monoisotopic (exact) mass is 265 g/mol. The topological polar surface area (TPSA) is 78.0 Å². The van der Waals surface area contributed by atoms with Gasteiger partial charge in [-0.25, -0.2) is 4.98 Å². The fourth-order valence-corrected chi connectivity index (χ4v) is 2.05. The van der Waals surface area contributed by atoms with E-state index in [4.69, 9.17) is 0 Å². The van der Waals surface area contributed by atoms with Crippen molar-refractivity contribution in [2.45, 2.75) is 12.5 Å². The summed E-state index contributed by atoms with van der Waals surface area (Å²) in [7, 11) is 0. The van der Waals surface area contributed by atoms with Gasteiger partial charge < -0.3 is 15.4 Å². The Bertz CT molecular complexity index is 541. The van der Waals surface area contributed by atoms with Crippen molar-refractivity contribution in [3.63, 3.8) is 0 Å². The van der Waals surface area contributed by atoms with E-state index in [1.54, 1.807) is 24.0 Å². The van der Waals surface area contributed by atoms with Crippen LogP contribution in [-0.2, 0) is 4.79 Å². The van der Waals surface area contributed by atoms with Gasteiger partial charge in [-0.15, -0.1) is 0 Å². The first-order valence-corrected chi connectivity index (χ1v) is 7.01. The van der Waals surface area contributed by atoms with E-state index in [1.807, 2.05) is 18.5 Å². The Balaban J connectivity index is 2.01. The number of carbonyl (C=O) groups excluding carboxylic acids is 1. The molecular weight excluding hydrogens is 250 g/mol. The van der Waals surface area contributed by atoms with Crippen LogP contribution in [0.15, 0.2) is 24.5 Å². The molecule has 18 heavy (non-hydrogen) atoms. The number of hydrogen-bond acceptors (Lipinski definition) is 4. The van der Waals surface area contributed by atoms with Crippen LogP contribution in [0, 0.1) is 0 Å². The molecule has 0 bridgehead atoms. The first kappa shape index (κ1) is 12.9. The maximum Gasteiger partial charge on any atom is 0.254 e. The van der Waals surface area contributed by atoms with Crippen LogP contribution in [0.2, 0.25) is 0 Å². The lowest BCUT2D eigenvalue weighted by atomic mass is 10.2. The number of carbonyl (C=O) groups is 1. The van der Waals surface area contributed by atoms with Gasteiger partial charge in [-0.3, -0.25) is 4.79 Å².